The molecule has 0 aliphatic heterocycles. The Kier molecular flexibility index (Phi) is 7.33. The highest BCUT2D eigenvalue weighted by atomic mass is 32.1. The topological polar surface area (TPSA) is 136 Å². The highest BCUT2D eigenvalue weighted by molar-refractivity contribution is 7.19. The molecule has 2 rings (SSSR count). The number of carbonyl (C=O) groups excluding carboxylic acids is 3. The van der Waals surface area contributed by atoms with Crippen LogP contribution >= 0.6 is 11.3 Å². The molecule has 0 saturated heterocycles. The van der Waals surface area contributed by atoms with Gasteiger partial charge in [-0.2, -0.15) is 0 Å². The number of benzene rings is 1. The molecule has 0 spiro atoms. The molecule has 1 aromatic carbocycles. The monoisotopic (exact) mass is 420 g/mol. The molecule has 2 atom stereocenters. The number of Topliss-reactive ketones (excluding diaryl/α,β-unsaturated/α-hetero) is 1. The van der Waals surface area contributed by atoms with Crippen molar-refractivity contribution in [1.29, 1.82) is 0 Å². The molecule has 0 saturated carbocycles. The van der Waals surface area contributed by atoms with Gasteiger partial charge in [-0.3, -0.25) is 14.4 Å². The van der Waals surface area contributed by atoms with Crippen molar-refractivity contribution in [2.24, 2.45) is 11.7 Å². The molecule has 156 valence electrons. The molecule has 2 amide bonds. The Labute approximate surface area is 172 Å². The lowest BCUT2D eigenvalue weighted by Gasteiger charge is -2.20. The number of rotatable bonds is 10. The molecule has 29 heavy (non-hydrogen) atoms. The molecular formula is C20H24N2O6S. The van der Waals surface area contributed by atoms with Gasteiger partial charge in [0, 0.05) is 15.0 Å². The second-order valence-electron chi connectivity index (χ2n) is 6.63. The number of amides is 2. The summed E-state index contributed by atoms with van der Waals surface area (Å²) in [6.45, 7) is 5.00. The maximum atomic E-state index is 12.4. The average Bonchev–Trinajstić information content (AvgIpc) is 3.08. The summed E-state index contributed by atoms with van der Waals surface area (Å²) in [7, 11) is 0. The number of ketones is 1. The van der Waals surface area contributed by atoms with Gasteiger partial charge in [0.05, 0.1) is 5.56 Å². The summed E-state index contributed by atoms with van der Waals surface area (Å²) in [5.74, 6) is -3.57. The molecule has 1 aromatic heterocycles. The standard InChI is InChI=1S/C20H24N2O6S/c1-4-10(3)17(20(26)27)22-14(23)9-28-11-7-6-8-13-15(11)16(12(5-2)29-13)18(24)19(21)25/h6-8,10,17H,4-5,9H2,1-3H3,(H2,21,25)(H,22,23)(H,26,27)/t10-,17-/m0/s1. The van der Waals surface area contributed by atoms with E-state index in [1.807, 2.05) is 13.8 Å². The quantitative estimate of drug-likeness (QED) is 0.398. The van der Waals surface area contributed by atoms with E-state index < -0.39 is 36.2 Å². The minimum absolute atomic E-state index is 0.194. The predicted octanol–water partition coefficient (Wildman–Crippen LogP) is 2.13. The van der Waals surface area contributed by atoms with Crippen LogP contribution in [-0.2, 0) is 20.8 Å². The highest BCUT2D eigenvalue weighted by Gasteiger charge is 2.27. The van der Waals surface area contributed by atoms with E-state index in [0.29, 0.717) is 23.1 Å². The van der Waals surface area contributed by atoms with Gasteiger partial charge in [0.15, 0.2) is 6.61 Å². The molecule has 4 N–H and O–H groups in total. The van der Waals surface area contributed by atoms with Gasteiger partial charge in [0.2, 0.25) is 0 Å². The number of nitrogens with two attached hydrogens (primary N) is 1. The van der Waals surface area contributed by atoms with Crippen LogP contribution in [0.1, 0.15) is 42.4 Å². The van der Waals surface area contributed by atoms with Crippen molar-refractivity contribution >= 4 is 45.0 Å². The van der Waals surface area contributed by atoms with Crippen molar-refractivity contribution in [1.82, 2.24) is 5.32 Å². The second kappa shape index (κ2) is 9.51. The Morgan fingerprint density at radius 1 is 1.24 bits per heavy atom. The minimum atomic E-state index is -1.12. The first kappa shape index (κ1) is 22.4. The van der Waals surface area contributed by atoms with Gasteiger partial charge in [-0.1, -0.05) is 33.3 Å². The average molecular weight is 420 g/mol. The van der Waals surface area contributed by atoms with Crippen molar-refractivity contribution in [3.8, 4) is 5.75 Å². The normalized spacial score (nSPS) is 12.9. The summed E-state index contributed by atoms with van der Waals surface area (Å²) in [5, 5.41) is 12.2. The summed E-state index contributed by atoms with van der Waals surface area (Å²) < 4.78 is 6.33. The van der Waals surface area contributed by atoms with Crippen LogP contribution in [0, 0.1) is 5.92 Å². The van der Waals surface area contributed by atoms with Crippen molar-refractivity contribution in [2.75, 3.05) is 6.61 Å². The van der Waals surface area contributed by atoms with Crippen LogP contribution < -0.4 is 15.8 Å². The van der Waals surface area contributed by atoms with E-state index in [-0.39, 0.29) is 17.2 Å². The van der Waals surface area contributed by atoms with Gasteiger partial charge < -0.3 is 20.9 Å². The van der Waals surface area contributed by atoms with E-state index in [1.54, 1.807) is 25.1 Å². The Morgan fingerprint density at radius 3 is 2.48 bits per heavy atom. The van der Waals surface area contributed by atoms with E-state index in [1.165, 1.54) is 11.3 Å². The number of hydrogen-bond donors (Lipinski definition) is 3. The van der Waals surface area contributed by atoms with Crippen LogP contribution in [0.25, 0.3) is 10.1 Å². The van der Waals surface area contributed by atoms with Crippen molar-refractivity contribution in [2.45, 2.75) is 39.7 Å². The van der Waals surface area contributed by atoms with Crippen molar-refractivity contribution in [3.63, 3.8) is 0 Å². The van der Waals surface area contributed by atoms with Gasteiger partial charge >= 0.3 is 5.97 Å². The van der Waals surface area contributed by atoms with Crippen LogP contribution in [-0.4, -0.2) is 41.3 Å². The predicted molar refractivity (Wildman–Crippen MR) is 109 cm³/mol. The van der Waals surface area contributed by atoms with Gasteiger partial charge in [-0.15, -0.1) is 11.3 Å². The third kappa shape index (κ3) is 4.92. The number of hydrogen-bond acceptors (Lipinski definition) is 6. The fraction of sp³-hybridized carbons (Fsp3) is 0.400. The number of carboxylic acids is 1. The zero-order chi connectivity index (χ0) is 21.7. The van der Waals surface area contributed by atoms with Crippen LogP contribution in [0.3, 0.4) is 0 Å². The number of aliphatic carboxylic acids is 1. The third-order valence-corrected chi connectivity index (χ3v) is 5.98. The fourth-order valence-electron chi connectivity index (χ4n) is 2.94. The number of nitrogens with one attached hydrogen (secondary N) is 1. The third-order valence-electron chi connectivity index (χ3n) is 4.68. The Balaban J connectivity index is 2.29. The molecule has 0 radical (unpaired) electrons. The summed E-state index contributed by atoms with van der Waals surface area (Å²) >= 11 is 1.35. The van der Waals surface area contributed by atoms with E-state index >= 15 is 0 Å². The SMILES string of the molecule is CCc1sc2cccc(OCC(=O)N[C@H](C(=O)O)[C@@H](C)CC)c2c1C(=O)C(N)=O. The maximum absolute atomic E-state index is 12.4. The molecule has 9 heteroatoms. The molecule has 2 aromatic rings. The molecule has 8 nitrogen and oxygen atoms in total. The van der Waals surface area contributed by atoms with Crippen LogP contribution in [0.4, 0.5) is 0 Å². The van der Waals surface area contributed by atoms with E-state index in [9.17, 15) is 24.3 Å². The molecule has 0 fully saturated rings. The molecular weight excluding hydrogens is 396 g/mol. The summed E-state index contributed by atoms with van der Waals surface area (Å²) in [6, 6.07) is 4.06. The summed E-state index contributed by atoms with van der Waals surface area (Å²) in [5.41, 5.74) is 5.39. The minimum Gasteiger partial charge on any atom is -0.483 e. The number of primary amides is 1. The zero-order valence-corrected chi connectivity index (χ0v) is 17.3. The van der Waals surface area contributed by atoms with Crippen LogP contribution in [0.5, 0.6) is 5.75 Å². The largest absolute Gasteiger partial charge is 0.483 e. The zero-order valence-electron chi connectivity index (χ0n) is 16.5. The molecule has 1 heterocycles. The first-order chi connectivity index (χ1) is 13.7. The van der Waals surface area contributed by atoms with E-state index in [4.69, 9.17) is 10.5 Å². The highest BCUT2D eigenvalue weighted by Crippen LogP contribution is 2.38. The first-order valence-corrected chi connectivity index (χ1v) is 10.1. The lowest BCUT2D eigenvalue weighted by Crippen LogP contribution is -2.46. The number of fused-ring (bicyclic) bond motifs is 1. The van der Waals surface area contributed by atoms with Gasteiger partial charge in [-0.05, 0) is 24.5 Å². The second-order valence-corrected chi connectivity index (χ2v) is 7.77. The van der Waals surface area contributed by atoms with Gasteiger partial charge in [0.25, 0.3) is 17.6 Å². The van der Waals surface area contributed by atoms with Gasteiger partial charge in [0.1, 0.15) is 11.8 Å². The summed E-state index contributed by atoms with van der Waals surface area (Å²) in [4.78, 5) is 48.1. The van der Waals surface area contributed by atoms with E-state index in [0.717, 1.165) is 4.70 Å². The van der Waals surface area contributed by atoms with Crippen LogP contribution in [0.15, 0.2) is 18.2 Å². The van der Waals surface area contributed by atoms with E-state index in [2.05, 4.69) is 5.32 Å². The fourth-order valence-corrected chi connectivity index (χ4v) is 4.10. The first-order valence-electron chi connectivity index (χ1n) is 9.24. The molecule has 0 bridgehead atoms. The maximum Gasteiger partial charge on any atom is 0.326 e. The lowest BCUT2D eigenvalue weighted by atomic mass is 9.99. The number of carbonyl (C=O) groups is 4. The molecule has 0 aliphatic carbocycles. The van der Waals surface area contributed by atoms with Crippen molar-refractivity contribution in [3.05, 3.63) is 28.6 Å². The Hall–Kier alpha value is -2.94. The number of ether oxygens (including phenoxy) is 1. The number of carboxylic acid groups (broad SMARTS) is 1. The Bertz CT molecular complexity index is 952. The van der Waals surface area contributed by atoms with Gasteiger partial charge in [-0.25, -0.2) is 4.79 Å². The number of thiophene rings is 1. The smallest absolute Gasteiger partial charge is 0.326 e. The lowest BCUT2D eigenvalue weighted by molar-refractivity contribution is -0.143. The molecule has 0 aliphatic rings. The number of aryl methyl sites for hydroxylation is 1. The molecule has 0 unspecified atom stereocenters. The van der Waals surface area contributed by atoms with Crippen molar-refractivity contribution < 1.29 is 29.0 Å². The van der Waals surface area contributed by atoms with Crippen LogP contribution in [0.2, 0.25) is 0 Å². The Morgan fingerprint density at radius 2 is 1.93 bits per heavy atom. The summed E-state index contributed by atoms with van der Waals surface area (Å²) in [6.07, 6.45) is 1.12.